The van der Waals surface area contributed by atoms with Crippen LogP contribution < -0.4 is 5.56 Å². The molecule has 0 bridgehead atoms. The second-order valence-corrected chi connectivity index (χ2v) is 8.00. The van der Waals surface area contributed by atoms with Crippen LogP contribution >= 0.6 is 23.4 Å². The van der Waals surface area contributed by atoms with Crippen LogP contribution in [0.2, 0.25) is 5.02 Å². The number of nitrogens with zero attached hydrogens (tertiary/aromatic N) is 4. The molecule has 1 atom stereocenters. The molecule has 0 aliphatic heterocycles. The van der Waals surface area contributed by atoms with Crippen LogP contribution in [0.1, 0.15) is 33.2 Å². The average Bonchev–Trinajstić information content (AvgIpc) is 2.58. The van der Waals surface area contributed by atoms with Crippen LogP contribution in [-0.4, -0.2) is 39.2 Å². The molecule has 2 aromatic rings. The molecule has 0 fully saturated rings. The first-order valence-electron chi connectivity index (χ1n) is 8.26. The lowest BCUT2D eigenvalue weighted by Crippen LogP contribution is -2.34. The molecule has 0 saturated heterocycles. The van der Waals surface area contributed by atoms with Gasteiger partial charge in [0.25, 0.3) is 5.56 Å². The zero-order chi connectivity index (χ0) is 19.4. The first kappa shape index (κ1) is 20.3. The maximum absolute atomic E-state index is 12.9. The van der Waals surface area contributed by atoms with E-state index in [9.17, 15) is 9.59 Å². The van der Waals surface area contributed by atoms with Crippen molar-refractivity contribution >= 4 is 40.2 Å². The van der Waals surface area contributed by atoms with Gasteiger partial charge in [-0.05, 0) is 39.0 Å². The summed E-state index contributed by atoms with van der Waals surface area (Å²) in [7, 11) is 1.67. The third kappa shape index (κ3) is 4.37. The second kappa shape index (κ2) is 8.56. The zero-order valence-corrected chi connectivity index (χ0v) is 16.8. The van der Waals surface area contributed by atoms with Crippen molar-refractivity contribution in [1.82, 2.24) is 14.5 Å². The minimum Gasteiger partial charge on any atom is -0.344 e. The van der Waals surface area contributed by atoms with E-state index in [0.29, 0.717) is 27.6 Å². The van der Waals surface area contributed by atoms with Gasteiger partial charge in [-0.25, -0.2) is 4.98 Å². The monoisotopic (exact) mass is 392 g/mol. The van der Waals surface area contributed by atoms with Gasteiger partial charge in [0.05, 0.1) is 28.6 Å². The van der Waals surface area contributed by atoms with E-state index < -0.39 is 5.25 Å². The molecule has 1 aromatic carbocycles. The first-order valence-corrected chi connectivity index (χ1v) is 9.52. The topological polar surface area (TPSA) is 79.0 Å². The summed E-state index contributed by atoms with van der Waals surface area (Å²) in [5.74, 6) is -0.110. The lowest BCUT2D eigenvalue weighted by atomic mass is 10.2. The number of rotatable bonds is 6. The fraction of sp³-hybridized carbons (Fsp3) is 0.444. The lowest BCUT2D eigenvalue weighted by molar-refractivity contribution is -0.128. The van der Waals surface area contributed by atoms with E-state index in [1.54, 1.807) is 36.7 Å². The Morgan fingerprint density at radius 2 is 2.12 bits per heavy atom. The van der Waals surface area contributed by atoms with E-state index >= 15 is 0 Å². The summed E-state index contributed by atoms with van der Waals surface area (Å²) >= 11 is 7.27. The van der Waals surface area contributed by atoms with Gasteiger partial charge in [0.2, 0.25) is 5.91 Å². The Labute approximate surface area is 161 Å². The smallest absolute Gasteiger partial charge is 0.262 e. The molecule has 0 spiro atoms. The van der Waals surface area contributed by atoms with Gasteiger partial charge in [0, 0.05) is 24.7 Å². The maximum atomic E-state index is 12.9. The van der Waals surface area contributed by atoms with Crippen molar-refractivity contribution in [2.24, 2.45) is 0 Å². The standard InChI is InChI=1S/C18H21ClN4O2S/c1-11(2)23-17(25)14-7-6-13(19)10-15(14)21-18(23)26-12(3)16(24)22(4)9-5-8-20/h6-7,10-12H,5,9H2,1-4H3/t12-/m0/s1. The molecule has 0 aliphatic rings. The van der Waals surface area contributed by atoms with Crippen molar-refractivity contribution in [1.29, 1.82) is 5.26 Å². The average molecular weight is 393 g/mol. The molecule has 1 amide bonds. The van der Waals surface area contributed by atoms with Crippen molar-refractivity contribution in [3.05, 3.63) is 33.6 Å². The molecule has 1 heterocycles. The molecule has 26 heavy (non-hydrogen) atoms. The van der Waals surface area contributed by atoms with Gasteiger partial charge in [-0.1, -0.05) is 23.4 Å². The fourth-order valence-electron chi connectivity index (χ4n) is 2.54. The van der Waals surface area contributed by atoms with Crippen molar-refractivity contribution < 1.29 is 4.79 Å². The van der Waals surface area contributed by atoms with Gasteiger partial charge < -0.3 is 4.90 Å². The summed E-state index contributed by atoms with van der Waals surface area (Å²) in [6, 6.07) is 6.92. The molecular formula is C18H21ClN4O2S. The van der Waals surface area contributed by atoms with E-state index in [0.717, 1.165) is 0 Å². The number of halogens is 1. The number of carbonyl (C=O) groups excluding carboxylic acids is 1. The molecule has 0 saturated carbocycles. The van der Waals surface area contributed by atoms with E-state index in [-0.39, 0.29) is 23.9 Å². The SMILES string of the molecule is CC(C)n1c(S[C@@H](C)C(=O)N(C)CCC#N)nc2cc(Cl)ccc2c1=O. The fourth-order valence-corrected chi connectivity index (χ4v) is 3.86. The summed E-state index contributed by atoms with van der Waals surface area (Å²) in [5.41, 5.74) is 0.362. The molecule has 1 aromatic heterocycles. The first-order chi connectivity index (χ1) is 12.3. The highest BCUT2D eigenvalue weighted by Crippen LogP contribution is 2.26. The van der Waals surface area contributed by atoms with Crippen LogP contribution in [0.5, 0.6) is 0 Å². The van der Waals surface area contributed by atoms with Crippen LogP contribution in [0.4, 0.5) is 0 Å². The molecule has 0 aliphatic carbocycles. The third-order valence-electron chi connectivity index (χ3n) is 3.91. The second-order valence-electron chi connectivity index (χ2n) is 6.25. The Morgan fingerprint density at radius 1 is 1.42 bits per heavy atom. The zero-order valence-electron chi connectivity index (χ0n) is 15.2. The quantitative estimate of drug-likeness (QED) is 0.555. The summed E-state index contributed by atoms with van der Waals surface area (Å²) in [6.07, 6.45) is 0.281. The number of benzene rings is 1. The highest BCUT2D eigenvalue weighted by Gasteiger charge is 2.22. The van der Waals surface area contributed by atoms with Crippen molar-refractivity contribution in [2.45, 2.75) is 43.6 Å². The third-order valence-corrected chi connectivity index (χ3v) is 5.20. The van der Waals surface area contributed by atoms with Crippen molar-refractivity contribution in [2.75, 3.05) is 13.6 Å². The van der Waals surface area contributed by atoms with Crippen LogP contribution in [0.3, 0.4) is 0 Å². The Balaban J connectivity index is 2.42. The van der Waals surface area contributed by atoms with E-state index in [2.05, 4.69) is 4.98 Å². The summed E-state index contributed by atoms with van der Waals surface area (Å²) in [6.45, 7) is 5.95. The van der Waals surface area contributed by atoms with Crippen molar-refractivity contribution in [3.8, 4) is 6.07 Å². The molecular weight excluding hydrogens is 372 g/mol. The van der Waals surface area contributed by atoms with Crippen LogP contribution in [0.25, 0.3) is 10.9 Å². The summed E-state index contributed by atoms with van der Waals surface area (Å²) in [5, 5.41) is 9.71. The van der Waals surface area contributed by atoms with E-state index in [1.807, 2.05) is 19.9 Å². The predicted molar refractivity (Wildman–Crippen MR) is 105 cm³/mol. The molecule has 2 rings (SSSR count). The maximum Gasteiger partial charge on any atom is 0.262 e. The number of hydrogen-bond acceptors (Lipinski definition) is 5. The highest BCUT2D eigenvalue weighted by atomic mass is 35.5. The Kier molecular flexibility index (Phi) is 6.68. The minimum absolute atomic E-state index is 0.101. The molecule has 6 nitrogen and oxygen atoms in total. The van der Waals surface area contributed by atoms with Crippen LogP contribution in [0, 0.1) is 11.3 Å². The normalized spacial score (nSPS) is 12.2. The number of aromatic nitrogens is 2. The Hall–Kier alpha value is -2.04. The van der Waals surface area contributed by atoms with Gasteiger partial charge in [0.1, 0.15) is 0 Å². The lowest BCUT2D eigenvalue weighted by Gasteiger charge is -2.22. The number of carbonyl (C=O) groups is 1. The van der Waals surface area contributed by atoms with Gasteiger partial charge in [-0.3, -0.25) is 14.2 Å². The van der Waals surface area contributed by atoms with E-state index in [4.69, 9.17) is 16.9 Å². The Bertz CT molecular complexity index is 920. The summed E-state index contributed by atoms with van der Waals surface area (Å²) in [4.78, 5) is 31.5. The van der Waals surface area contributed by atoms with Gasteiger partial charge in [0.15, 0.2) is 5.16 Å². The van der Waals surface area contributed by atoms with E-state index in [1.165, 1.54) is 16.7 Å². The highest BCUT2D eigenvalue weighted by molar-refractivity contribution is 8.00. The Morgan fingerprint density at radius 3 is 2.73 bits per heavy atom. The number of amides is 1. The number of nitriles is 1. The minimum atomic E-state index is -0.438. The largest absolute Gasteiger partial charge is 0.344 e. The molecule has 0 radical (unpaired) electrons. The molecule has 0 N–H and O–H groups in total. The van der Waals surface area contributed by atoms with Gasteiger partial charge >= 0.3 is 0 Å². The van der Waals surface area contributed by atoms with Crippen molar-refractivity contribution in [3.63, 3.8) is 0 Å². The summed E-state index contributed by atoms with van der Waals surface area (Å²) < 4.78 is 1.60. The predicted octanol–water partition coefficient (Wildman–Crippen LogP) is 3.48. The van der Waals surface area contributed by atoms with Crippen LogP contribution in [0.15, 0.2) is 28.2 Å². The van der Waals surface area contributed by atoms with Crippen LogP contribution in [-0.2, 0) is 4.79 Å². The number of hydrogen-bond donors (Lipinski definition) is 0. The number of fused-ring (bicyclic) bond motifs is 1. The molecule has 138 valence electrons. The van der Waals surface area contributed by atoms with Gasteiger partial charge in [-0.15, -0.1) is 0 Å². The van der Waals surface area contributed by atoms with Gasteiger partial charge in [-0.2, -0.15) is 5.26 Å². The molecule has 8 heteroatoms. The molecule has 0 unspecified atom stereocenters. The number of thioether (sulfide) groups is 1.